The summed E-state index contributed by atoms with van der Waals surface area (Å²) in [6.07, 6.45) is 1.03. The Bertz CT molecular complexity index is 808. The van der Waals surface area contributed by atoms with Gasteiger partial charge in [-0.2, -0.15) is 0 Å². The van der Waals surface area contributed by atoms with Gasteiger partial charge in [-0.05, 0) is 19.9 Å². The highest BCUT2D eigenvalue weighted by molar-refractivity contribution is 7.90. The Morgan fingerprint density at radius 1 is 1.14 bits per heavy atom. The number of anilines is 1. The minimum absolute atomic E-state index is 0.0274. The van der Waals surface area contributed by atoms with Gasteiger partial charge in [0.2, 0.25) is 15.0 Å². The smallest absolute Gasteiger partial charge is 0.250 e. The van der Waals surface area contributed by atoms with Gasteiger partial charge >= 0.3 is 0 Å². The second kappa shape index (κ2) is 6.40. The molecule has 0 amide bonds. The Morgan fingerprint density at radius 3 is 2.32 bits per heavy atom. The van der Waals surface area contributed by atoms with E-state index in [4.69, 9.17) is 23.2 Å². The van der Waals surface area contributed by atoms with Crippen LogP contribution in [0.1, 0.15) is 13.8 Å². The molecular formula is C14H15Cl2N3O2S. The van der Waals surface area contributed by atoms with Crippen LogP contribution >= 0.6 is 23.2 Å². The molecule has 0 unspecified atom stereocenters. The number of aromatic nitrogens is 2. The van der Waals surface area contributed by atoms with Crippen molar-refractivity contribution in [1.29, 1.82) is 0 Å². The van der Waals surface area contributed by atoms with Crippen LogP contribution in [0.5, 0.6) is 0 Å². The lowest BCUT2D eigenvalue weighted by molar-refractivity contribution is 0.593. The van der Waals surface area contributed by atoms with Crippen molar-refractivity contribution in [2.75, 3.05) is 11.6 Å². The van der Waals surface area contributed by atoms with Crippen molar-refractivity contribution in [2.24, 2.45) is 0 Å². The van der Waals surface area contributed by atoms with Gasteiger partial charge in [0.25, 0.3) is 0 Å². The molecule has 0 saturated heterocycles. The lowest BCUT2D eigenvalue weighted by atomic mass is 10.1. The Labute approximate surface area is 139 Å². The topological polar surface area (TPSA) is 72.0 Å². The zero-order chi connectivity index (χ0) is 16.5. The second-order valence-corrected chi connectivity index (χ2v) is 7.75. The fourth-order valence-electron chi connectivity index (χ4n) is 1.86. The summed E-state index contributed by atoms with van der Waals surface area (Å²) >= 11 is 12.4. The second-order valence-electron chi connectivity index (χ2n) is 5.07. The molecule has 0 saturated carbocycles. The molecule has 0 aliphatic carbocycles. The van der Waals surface area contributed by atoms with Gasteiger partial charge in [-0.15, -0.1) is 0 Å². The molecule has 2 aromatic rings. The summed E-state index contributed by atoms with van der Waals surface area (Å²) in [6.45, 7) is 3.82. The van der Waals surface area contributed by atoms with Gasteiger partial charge in [0, 0.05) is 22.9 Å². The number of hydrogen-bond donors (Lipinski definition) is 1. The van der Waals surface area contributed by atoms with Gasteiger partial charge in [0.15, 0.2) is 0 Å². The number of nitrogens with zero attached hydrogens (tertiary/aromatic N) is 2. The lowest BCUT2D eigenvalue weighted by Gasteiger charge is -2.16. The molecule has 0 bridgehead atoms. The summed E-state index contributed by atoms with van der Waals surface area (Å²) < 4.78 is 23.4. The highest BCUT2D eigenvalue weighted by Gasteiger charge is 2.21. The predicted molar refractivity (Wildman–Crippen MR) is 89.4 cm³/mol. The van der Waals surface area contributed by atoms with Crippen LogP contribution in [0.3, 0.4) is 0 Å². The summed E-state index contributed by atoms with van der Waals surface area (Å²) in [7, 11) is -3.57. The SMILES string of the molecule is CC(C)Nc1nc(S(C)(=O)=O)nc(Cl)c1-c1ccccc1Cl. The van der Waals surface area contributed by atoms with Crippen LogP contribution in [0.4, 0.5) is 5.82 Å². The summed E-state index contributed by atoms with van der Waals surface area (Å²) in [5.74, 6) is 0.337. The number of nitrogens with one attached hydrogen (secondary N) is 1. The third-order valence-corrected chi connectivity index (χ3v) is 4.19. The molecule has 2 rings (SSSR count). The molecule has 22 heavy (non-hydrogen) atoms. The van der Waals surface area contributed by atoms with Crippen molar-refractivity contribution in [2.45, 2.75) is 25.0 Å². The summed E-state index contributed by atoms with van der Waals surface area (Å²) in [6, 6.07) is 7.12. The zero-order valence-corrected chi connectivity index (χ0v) is 14.6. The molecule has 0 radical (unpaired) electrons. The van der Waals surface area contributed by atoms with Crippen molar-refractivity contribution in [1.82, 2.24) is 9.97 Å². The van der Waals surface area contributed by atoms with Crippen LogP contribution in [0.15, 0.2) is 29.4 Å². The molecule has 1 aromatic heterocycles. The Hall–Kier alpha value is -1.37. The fraction of sp³-hybridized carbons (Fsp3) is 0.286. The van der Waals surface area contributed by atoms with E-state index in [0.717, 1.165) is 6.26 Å². The van der Waals surface area contributed by atoms with E-state index >= 15 is 0 Å². The number of hydrogen-bond acceptors (Lipinski definition) is 5. The van der Waals surface area contributed by atoms with Crippen molar-refractivity contribution < 1.29 is 8.42 Å². The summed E-state index contributed by atoms with van der Waals surface area (Å²) in [4.78, 5) is 8.01. The van der Waals surface area contributed by atoms with Crippen LogP contribution in [0.2, 0.25) is 10.2 Å². The molecule has 0 spiro atoms. The quantitative estimate of drug-likeness (QED) is 0.665. The van der Waals surface area contributed by atoms with Gasteiger partial charge in [-0.25, -0.2) is 18.4 Å². The predicted octanol–water partition coefficient (Wildman–Crippen LogP) is 3.67. The van der Waals surface area contributed by atoms with E-state index in [-0.39, 0.29) is 16.4 Å². The largest absolute Gasteiger partial charge is 0.367 e. The minimum atomic E-state index is -3.57. The van der Waals surface area contributed by atoms with Gasteiger partial charge in [-0.1, -0.05) is 41.4 Å². The molecule has 8 heteroatoms. The number of halogens is 2. The van der Waals surface area contributed by atoms with Crippen LogP contribution in [0.25, 0.3) is 11.1 Å². The average molecular weight is 360 g/mol. The normalized spacial score (nSPS) is 11.7. The van der Waals surface area contributed by atoms with E-state index in [1.165, 1.54) is 0 Å². The number of benzene rings is 1. The van der Waals surface area contributed by atoms with E-state index in [1.54, 1.807) is 24.3 Å². The molecule has 118 valence electrons. The van der Waals surface area contributed by atoms with Crippen LogP contribution < -0.4 is 5.32 Å². The zero-order valence-electron chi connectivity index (χ0n) is 12.3. The van der Waals surface area contributed by atoms with E-state index < -0.39 is 9.84 Å². The maximum Gasteiger partial charge on any atom is 0.250 e. The molecule has 1 aromatic carbocycles. The third-order valence-electron chi connectivity index (χ3n) is 2.74. The molecule has 0 aliphatic rings. The average Bonchev–Trinajstić information content (AvgIpc) is 2.38. The van der Waals surface area contributed by atoms with Gasteiger partial charge < -0.3 is 5.32 Å². The Morgan fingerprint density at radius 2 is 1.77 bits per heavy atom. The number of rotatable bonds is 4. The van der Waals surface area contributed by atoms with Gasteiger partial charge in [0.05, 0.1) is 5.56 Å². The van der Waals surface area contributed by atoms with Gasteiger partial charge in [0.1, 0.15) is 11.0 Å². The van der Waals surface area contributed by atoms with E-state index in [0.29, 0.717) is 22.0 Å². The minimum Gasteiger partial charge on any atom is -0.367 e. The van der Waals surface area contributed by atoms with Crippen molar-refractivity contribution in [3.63, 3.8) is 0 Å². The van der Waals surface area contributed by atoms with Crippen LogP contribution in [-0.2, 0) is 9.84 Å². The molecule has 1 N–H and O–H groups in total. The lowest BCUT2D eigenvalue weighted by Crippen LogP contribution is -2.15. The highest BCUT2D eigenvalue weighted by Crippen LogP contribution is 2.37. The molecule has 5 nitrogen and oxygen atoms in total. The molecular weight excluding hydrogens is 345 g/mol. The Kier molecular flexibility index (Phi) is 4.94. The Balaban J connectivity index is 2.75. The maximum absolute atomic E-state index is 11.7. The van der Waals surface area contributed by atoms with Crippen molar-refractivity contribution in [3.05, 3.63) is 34.4 Å². The first kappa shape index (κ1) is 17.0. The first-order valence-corrected chi connectivity index (χ1v) is 9.14. The maximum atomic E-state index is 11.7. The van der Waals surface area contributed by atoms with Crippen LogP contribution in [-0.4, -0.2) is 30.7 Å². The molecule has 0 atom stereocenters. The number of sulfone groups is 1. The molecule has 1 heterocycles. The van der Waals surface area contributed by atoms with E-state index in [1.807, 2.05) is 13.8 Å². The summed E-state index contributed by atoms with van der Waals surface area (Å²) in [5.41, 5.74) is 1.12. The highest BCUT2D eigenvalue weighted by atomic mass is 35.5. The molecule has 0 aliphatic heterocycles. The first-order valence-electron chi connectivity index (χ1n) is 6.49. The van der Waals surface area contributed by atoms with Crippen molar-refractivity contribution >= 4 is 38.9 Å². The monoisotopic (exact) mass is 359 g/mol. The van der Waals surface area contributed by atoms with Crippen molar-refractivity contribution in [3.8, 4) is 11.1 Å². The first-order chi connectivity index (χ1) is 10.2. The summed E-state index contributed by atoms with van der Waals surface area (Å²) in [5, 5.41) is 3.28. The third kappa shape index (κ3) is 3.69. The fourth-order valence-corrected chi connectivity index (χ4v) is 2.93. The van der Waals surface area contributed by atoms with E-state index in [2.05, 4.69) is 15.3 Å². The standard InChI is InChI=1S/C14H15Cl2N3O2S/c1-8(2)17-13-11(9-6-4-5-7-10(9)15)12(16)18-14(19-13)22(3,20)21/h4-8H,1-3H3,(H,17,18,19). The molecule has 0 fully saturated rings. The van der Waals surface area contributed by atoms with Crippen LogP contribution in [0, 0.1) is 0 Å². The van der Waals surface area contributed by atoms with Gasteiger partial charge in [-0.3, -0.25) is 0 Å². The van der Waals surface area contributed by atoms with E-state index in [9.17, 15) is 8.42 Å².